The molecule has 0 unspecified atom stereocenters. The second-order valence-electron chi connectivity index (χ2n) is 7.91. The van der Waals surface area contributed by atoms with Crippen LogP contribution < -0.4 is 5.43 Å². The van der Waals surface area contributed by atoms with Gasteiger partial charge in [0, 0.05) is 17.5 Å². The topological polar surface area (TPSA) is 44.7 Å². The number of hydrogen-bond acceptors (Lipinski definition) is 3. The Morgan fingerprint density at radius 2 is 1.73 bits per heavy atom. The number of halogens is 1. The number of hydrogen-bond donors (Lipinski definition) is 1. The molecule has 0 atom stereocenters. The molecular weight excluding hydrogens is 394 g/mol. The minimum atomic E-state index is 0.0135. The van der Waals surface area contributed by atoms with Gasteiger partial charge in [0.2, 0.25) is 5.91 Å². The second-order valence-corrected chi connectivity index (χ2v) is 8.35. The fourth-order valence-corrected chi connectivity index (χ4v) is 4.04. The van der Waals surface area contributed by atoms with Gasteiger partial charge in [-0.05, 0) is 73.0 Å². The van der Waals surface area contributed by atoms with Crippen molar-refractivity contribution in [3.8, 4) is 0 Å². The Bertz CT molecular complexity index is 1050. The summed E-state index contributed by atoms with van der Waals surface area (Å²) >= 11 is 5.96. The van der Waals surface area contributed by atoms with Gasteiger partial charge < -0.3 is 0 Å². The lowest BCUT2D eigenvalue weighted by Gasteiger charge is -2.30. The molecule has 4 nitrogen and oxygen atoms in total. The van der Waals surface area contributed by atoms with Gasteiger partial charge in [-0.15, -0.1) is 0 Å². The van der Waals surface area contributed by atoms with Gasteiger partial charge in [-0.25, -0.2) is 5.43 Å². The van der Waals surface area contributed by atoms with Crippen LogP contribution in [0.1, 0.15) is 30.9 Å². The molecule has 1 aliphatic rings. The van der Waals surface area contributed by atoms with Gasteiger partial charge in [0.15, 0.2) is 0 Å². The average molecular weight is 420 g/mol. The lowest BCUT2D eigenvalue weighted by molar-refractivity contribution is -0.126. The number of nitrogens with one attached hydrogen (secondary N) is 1. The fraction of sp³-hybridized carbons (Fsp3) is 0.280. The maximum absolute atomic E-state index is 12.6. The third kappa shape index (κ3) is 5.07. The van der Waals surface area contributed by atoms with E-state index in [0.29, 0.717) is 0 Å². The Labute approximate surface area is 182 Å². The van der Waals surface area contributed by atoms with Crippen LogP contribution in [0.15, 0.2) is 71.8 Å². The Balaban J connectivity index is 1.30. The van der Waals surface area contributed by atoms with Gasteiger partial charge in [0.1, 0.15) is 0 Å². The van der Waals surface area contributed by atoms with Gasteiger partial charge in [-0.3, -0.25) is 9.69 Å². The summed E-state index contributed by atoms with van der Waals surface area (Å²) in [5, 5.41) is 7.49. The van der Waals surface area contributed by atoms with Crippen LogP contribution in [0.25, 0.3) is 10.8 Å². The first-order valence-corrected chi connectivity index (χ1v) is 10.8. The zero-order valence-corrected chi connectivity index (χ0v) is 17.9. The lowest BCUT2D eigenvalue weighted by atomic mass is 9.96. The van der Waals surface area contributed by atoms with Crippen molar-refractivity contribution < 1.29 is 4.79 Å². The highest BCUT2D eigenvalue weighted by Crippen LogP contribution is 2.20. The van der Waals surface area contributed by atoms with Crippen molar-refractivity contribution in [3.63, 3.8) is 0 Å². The number of nitrogens with zero attached hydrogens (tertiary/aromatic N) is 2. The summed E-state index contributed by atoms with van der Waals surface area (Å²) in [5.41, 5.74) is 5.87. The van der Waals surface area contributed by atoms with Crippen molar-refractivity contribution in [2.45, 2.75) is 26.3 Å². The SMILES string of the molecule is C/C(=N/NC(=O)C1CCN(Cc2ccc(Cl)cc2)CC1)c1ccc2ccccc2c1. The quantitative estimate of drug-likeness (QED) is 0.453. The minimum absolute atomic E-state index is 0.0135. The molecule has 1 saturated heterocycles. The lowest BCUT2D eigenvalue weighted by Crippen LogP contribution is -2.39. The molecule has 0 saturated carbocycles. The zero-order valence-electron chi connectivity index (χ0n) is 17.1. The maximum Gasteiger partial charge on any atom is 0.243 e. The summed E-state index contributed by atoms with van der Waals surface area (Å²) in [5.74, 6) is 0.0286. The smallest absolute Gasteiger partial charge is 0.243 e. The molecule has 1 aliphatic heterocycles. The van der Waals surface area contributed by atoms with Crippen molar-refractivity contribution in [3.05, 3.63) is 82.9 Å². The number of carbonyl (C=O) groups is 1. The standard InChI is InChI=1S/C25H26ClN3O/c1-18(22-9-8-20-4-2-3-5-23(20)16-22)27-28-25(30)21-12-14-29(15-13-21)17-19-6-10-24(26)11-7-19/h2-11,16,21H,12-15,17H2,1H3,(H,28,30)/b27-18-. The molecule has 1 fully saturated rings. The van der Waals surface area contributed by atoms with E-state index in [-0.39, 0.29) is 11.8 Å². The van der Waals surface area contributed by atoms with Crippen LogP contribution in [0.2, 0.25) is 5.02 Å². The van der Waals surface area contributed by atoms with E-state index < -0.39 is 0 Å². The number of likely N-dealkylation sites (tertiary alicyclic amines) is 1. The van der Waals surface area contributed by atoms with Crippen LogP contribution in [-0.4, -0.2) is 29.6 Å². The molecule has 1 amide bonds. The molecule has 0 aromatic heterocycles. The van der Waals surface area contributed by atoms with Crippen LogP contribution in [0, 0.1) is 5.92 Å². The Hall–Kier alpha value is -2.69. The number of benzene rings is 3. The summed E-state index contributed by atoms with van der Waals surface area (Å²) in [6.07, 6.45) is 1.70. The largest absolute Gasteiger partial charge is 0.299 e. The average Bonchev–Trinajstić information content (AvgIpc) is 2.79. The predicted octanol–water partition coefficient (Wildman–Crippen LogP) is 5.25. The highest BCUT2D eigenvalue weighted by molar-refractivity contribution is 6.30. The Morgan fingerprint density at radius 3 is 2.47 bits per heavy atom. The summed E-state index contributed by atoms with van der Waals surface area (Å²) < 4.78 is 0. The molecule has 154 valence electrons. The summed E-state index contributed by atoms with van der Waals surface area (Å²) in [6.45, 7) is 4.64. The van der Waals surface area contributed by atoms with E-state index in [1.54, 1.807) is 0 Å². The Morgan fingerprint density at radius 1 is 1.03 bits per heavy atom. The van der Waals surface area contributed by atoms with Crippen molar-refractivity contribution >= 4 is 34.0 Å². The number of piperidine rings is 1. The fourth-order valence-electron chi connectivity index (χ4n) is 3.91. The van der Waals surface area contributed by atoms with E-state index in [9.17, 15) is 4.79 Å². The van der Waals surface area contributed by atoms with E-state index in [2.05, 4.69) is 51.8 Å². The highest BCUT2D eigenvalue weighted by atomic mass is 35.5. The van der Waals surface area contributed by atoms with Crippen molar-refractivity contribution in [1.29, 1.82) is 0 Å². The molecular formula is C25H26ClN3O. The highest BCUT2D eigenvalue weighted by Gasteiger charge is 2.24. The molecule has 0 spiro atoms. The molecule has 1 heterocycles. The number of rotatable bonds is 5. The zero-order chi connectivity index (χ0) is 20.9. The summed E-state index contributed by atoms with van der Waals surface area (Å²) in [6, 6.07) is 22.4. The van der Waals surface area contributed by atoms with Crippen LogP contribution in [0.3, 0.4) is 0 Å². The van der Waals surface area contributed by atoms with E-state index in [1.165, 1.54) is 16.3 Å². The van der Waals surface area contributed by atoms with E-state index in [4.69, 9.17) is 11.6 Å². The normalized spacial score (nSPS) is 16.0. The molecule has 4 rings (SSSR count). The molecule has 0 radical (unpaired) electrons. The van der Waals surface area contributed by atoms with Crippen LogP contribution in [0.5, 0.6) is 0 Å². The molecule has 30 heavy (non-hydrogen) atoms. The molecule has 3 aromatic carbocycles. The summed E-state index contributed by atoms with van der Waals surface area (Å²) in [4.78, 5) is 15.0. The van der Waals surface area contributed by atoms with Crippen LogP contribution in [0.4, 0.5) is 0 Å². The van der Waals surface area contributed by atoms with E-state index >= 15 is 0 Å². The van der Waals surface area contributed by atoms with Crippen LogP contribution in [-0.2, 0) is 11.3 Å². The number of carbonyl (C=O) groups excluding carboxylic acids is 1. The van der Waals surface area contributed by atoms with Gasteiger partial charge in [-0.1, -0.05) is 60.1 Å². The van der Waals surface area contributed by atoms with E-state index in [0.717, 1.165) is 48.8 Å². The molecule has 5 heteroatoms. The first kappa shape index (κ1) is 20.6. The number of amides is 1. The molecule has 1 N–H and O–H groups in total. The first-order valence-electron chi connectivity index (χ1n) is 10.4. The molecule has 0 aliphatic carbocycles. The van der Waals surface area contributed by atoms with Gasteiger partial charge in [0.25, 0.3) is 0 Å². The van der Waals surface area contributed by atoms with Crippen LogP contribution >= 0.6 is 11.6 Å². The number of hydrazone groups is 1. The van der Waals surface area contributed by atoms with Gasteiger partial charge in [-0.2, -0.15) is 5.10 Å². The predicted molar refractivity (Wildman–Crippen MR) is 124 cm³/mol. The Kier molecular flexibility index (Phi) is 6.46. The van der Waals surface area contributed by atoms with Crippen molar-refractivity contribution in [2.24, 2.45) is 11.0 Å². The second kappa shape index (κ2) is 9.41. The third-order valence-electron chi connectivity index (χ3n) is 5.78. The van der Waals surface area contributed by atoms with Gasteiger partial charge >= 0.3 is 0 Å². The number of fused-ring (bicyclic) bond motifs is 1. The molecule has 3 aromatic rings. The monoisotopic (exact) mass is 419 g/mol. The van der Waals surface area contributed by atoms with Crippen molar-refractivity contribution in [1.82, 2.24) is 10.3 Å². The first-order chi connectivity index (χ1) is 14.6. The third-order valence-corrected chi connectivity index (χ3v) is 6.03. The summed E-state index contributed by atoms with van der Waals surface area (Å²) in [7, 11) is 0. The molecule has 0 bridgehead atoms. The van der Waals surface area contributed by atoms with Gasteiger partial charge in [0.05, 0.1) is 5.71 Å². The van der Waals surface area contributed by atoms with E-state index in [1.807, 2.05) is 37.3 Å². The minimum Gasteiger partial charge on any atom is -0.299 e. The van der Waals surface area contributed by atoms with Crippen molar-refractivity contribution in [2.75, 3.05) is 13.1 Å². The maximum atomic E-state index is 12.6.